The Labute approximate surface area is 132 Å². The first-order chi connectivity index (χ1) is 10.1. The van der Waals surface area contributed by atoms with Crippen molar-refractivity contribution in [1.82, 2.24) is 10.2 Å². The lowest BCUT2D eigenvalue weighted by molar-refractivity contribution is -0.121. The fraction of sp³-hybridized carbons (Fsp3) is 0.133. The van der Waals surface area contributed by atoms with E-state index in [0.717, 1.165) is 5.56 Å². The maximum absolute atomic E-state index is 12.2. The molecule has 0 atom stereocenters. The number of thioether (sulfide) groups is 1. The number of thiocarbonyl (C=S) groups is 1. The predicted octanol–water partition coefficient (Wildman–Crippen LogP) is 2.43. The second-order valence-corrected chi connectivity index (χ2v) is 5.96. The summed E-state index contributed by atoms with van der Waals surface area (Å²) in [7, 11) is 1.58. The van der Waals surface area contributed by atoms with E-state index < -0.39 is 0 Å². The van der Waals surface area contributed by atoms with Crippen molar-refractivity contribution in [3.63, 3.8) is 0 Å². The molecule has 6 heteroatoms. The Hall–Kier alpha value is -1.92. The first-order valence-corrected chi connectivity index (χ1v) is 7.47. The normalized spacial score (nSPS) is 16.4. The van der Waals surface area contributed by atoms with Crippen LogP contribution in [0.5, 0.6) is 0 Å². The van der Waals surface area contributed by atoms with Gasteiger partial charge in [0.2, 0.25) is 0 Å². The zero-order valence-corrected chi connectivity index (χ0v) is 13.1. The van der Waals surface area contributed by atoms with E-state index in [9.17, 15) is 9.59 Å². The summed E-state index contributed by atoms with van der Waals surface area (Å²) in [6.45, 7) is 4.03. The van der Waals surface area contributed by atoms with Gasteiger partial charge in [0.25, 0.3) is 11.8 Å². The molecule has 1 saturated heterocycles. The lowest BCUT2D eigenvalue weighted by Crippen LogP contribution is -2.27. The zero-order valence-electron chi connectivity index (χ0n) is 11.5. The number of nitrogens with zero attached hydrogens (tertiary/aromatic N) is 1. The van der Waals surface area contributed by atoms with Crippen LogP contribution in [0.4, 0.5) is 0 Å². The Bertz CT molecular complexity index is 636. The van der Waals surface area contributed by atoms with E-state index in [-0.39, 0.29) is 11.8 Å². The average molecular weight is 318 g/mol. The predicted molar refractivity (Wildman–Crippen MR) is 89.9 cm³/mol. The average Bonchev–Trinajstić information content (AvgIpc) is 2.75. The van der Waals surface area contributed by atoms with Crippen LogP contribution in [0.1, 0.15) is 15.9 Å². The summed E-state index contributed by atoms with van der Waals surface area (Å²) >= 11 is 6.45. The van der Waals surface area contributed by atoms with Crippen molar-refractivity contribution in [3.8, 4) is 0 Å². The summed E-state index contributed by atoms with van der Waals surface area (Å²) in [4.78, 5) is 25.7. The minimum Gasteiger partial charge on any atom is -0.355 e. The first kappa shape index (κ1) is 15.5. The molecule has 2 amide bonds. The molecule has 1 aliphatic rings. The summed E-state index contributed by atoms with van der Waals surface area (Å²) in [5, 5.41) is 2.56. The summed E-state index contributed by atoms with van der Waals surface area (Å²) in [5.74, 6) is -0.251. The number of amides is 2. The van der Waals surface area contributed by atoms with Crippen LogP contribution >= 0.6 is 24.0 Å². The summed E-state index contributed by atoms with van der Waals surface area (Å²) in [6.07, 6.45) is 3.42. The summed E-state index contributed by atoms with van der Waals surface area (Å²) in [5.41, 5.74) is 1.43. The van der Waals surface area contributed by atoms with Gasteiger partial charge in [-0.25, -0.2) is 0 Å². The molecule has 0 aliphatic carbocycles. The van der Waals surface area contributed by atoms with Crippen molar-refractivity contribution in [2.75, 3.05) is 13.6 Å². The van der Waals surface area contributed by atoms with E-state index in [1.54, 1.807) is 43.5 Å². The van der Waals surface area contributed by atoms with Crippen molar-refractivity contribution in [2.45, 2.75) is 0 Å². The molecule has 108 valence electrons. The number of hydrogen-bond donors (Lipinski definition) is 1. The van der Waals surface area contributed by atoms with Gasteiger partial charge in [0.05, 0.1) is 4.91 Å². The van der Waals surface area contributed by atoms with Crippen LogP contribution in [-0.4, -0.2) is 34.6 Å². The van der Waals surface area contributed by atoms with Crippen LogP contribution in [0, 0.1) is 0 Å². The molecule has 0 spiro atoms. The Kier molecular flexibility index (Phi) is 4.93. The molecule has 0 bridgehead atoms. The largest absolute Gasteiger partial charge is 0.355 e. The Balaban J connectivity index is 2.20. The third-order valence-corrected chi connectivity index (χ3v) is 4.26. The Morgan fingerprint density at radius 3 is 2.67 bits per heavy atom. The second kappa shape index (κ2) is 6.69. The smallest absolute Gasteiger partial charge is 0.266 e. The number of benzene rings is 1. The van der Waals surface area contributed by atoms with Crippen molar-refractivity contribution in [1.29, 1.82) is 0 Å². The van der Waals surface area contributed by atoms with E-state index in [1.807, 2.05) is 0 Å². The van der Waals surface area contributed by atoms with Gasteiger partial charge in [-0.1, -0.05) is 42.2 Å². The van der Waals surface area contributed by atoms with Gasteiger partial charge in [0, 0.05) is 19.2 Å². The summed E-state index contributed by atoms with van der Waals surface area (Å²) < 4.78 is 0.535. The minimum absolute atomic E-state index is 0.111. The molecule has 0 radical (unpaired) electrons. The van der Waals surface area contributed by atoms with E-state index in [4.69, 9.17) is 12.2 Å². The van der Waals surface area contributed by atoms with Crippen LogP contribution in [0.3, 0.4) is 0 Å². The number of nitrogens with one attached hydrogen (secondary N) is 1. The molecule has 1 heterocycles. The number of carbonyl (C=O) groups excluding carboxylic acids is 2. The molecule has 1 fully saturated rings. The fourth-order valence-electron chi connectivity index (χ4n) is 1.81. The van der Waals surface area contributed by atoms with Gasteiger partial charge in [0.15, 0.2) is 0 Å². The molecule has 4 nitrogen and oxygen atoms in total. The van der Waals surface area contributed by atoms with Crippen molar-refractivity contribution in [3.05, 3.63) is 53.0 Å². The fourth-order valence-corrected chi connectivity index (χ4v) is 3.09. The molecular formula is C15H14N2O2S2. The van der Waals surface area contributed by atoms with Crippen molar-refractivity contribution >= 4 is 46.2 Å². The molecule has 1 aliphatic heterocycles. The van der Waals surface area contributed by atoms with Gasteiger partial charge in [-0.15, -0.1) is 6.58 Å². The molecule has 1 aromatic rings. The highest BCUT2D eigenvalue weighted by atomic mass is 32.2. The number of hydrogen-bond acceptors (Lipinski definition) is 4. The van der Waals surface area contributed by atoms with Gasteiger partial charge < -0.3 is 5.32 Å². The first-order valence-electron chi connectivity index (χ1n) is 6.25. The molecular weight excluding hydrogens is 304 g/mol. The molecule has 0 aromatic heterocycles. The lowest BCUT2D eigenvalue weighted by atomic mass is 10.1. The number of rotatable bonds is 4. The second-order valence-electron chi connectivity index (χ2n) is 4.28. The third kappa shape index (κ3) is 3.40. The van der Waals surface area contributed by atoms with E-state index in [1.165, 1.54) is 16.7 Å². The van der Waals surface area contributed by atoms with Crippen molar-refractivity contribution < 1.29 is 9.59 Å². The van der Waals surface area contributed by atoms with Crippen LogP contribution in [-0.2, 0) is 4.79 Å². The summed E-state index contributed by atoms with van der Waals surface area (Å²) in [6, 6.07) is 7.03. The van der Waals surface area contributed by atoms with Gasteiger partial charge in [-0.05, 0) is 23.8 Å². The van der Waals surface area contributed by atoms with Crippen LogP contribution < -0.4 is 5.32 Å². The van der Waals surface area contributed by atoms with Gasteiger partial charge in [-0.3, -0.25) is 14.5 Å². The highest BCUT2D eigenvalue weighted by molar-refractivity contribution is 8.26. The van der Waals surface area contributed by atoms with Gasteiger partial charge >= 0.3 is 0 Å². The quantitative estimate of drug-likeness (QED) is 0.526. The zero-order chi connectivity index (χ0) is 15.4. The van der Waals surface area contributed by atoms with Gasteiger partial charge in [0.1, 0.15) is 4.32 Å². The maximum atomic E-state index is 12.2. The Morgan fingerprint density at radius 2 is 2.10 bits per heavy atom. The van der Waals surface area contributed by atoms with Crippen LogP contribution in [0.2, 0.25) is 0 Å². The Morgan fingerprint density at radius 1 is 1.43 bits per heavy atom. The van der Waals surface area contributed by atoms with Crippen molar-refractivity contribution in [2.24, 2.45) is 0 Å². The minimum atomic E-state index is -0.140. The van der Waals surface area contributed by atoms with Crippen LogP contribution in [0.15, 0.2) is 41.8 Å². The van der Waals surface area contributed by atoms with E-state index in [2.05, 4.69) is 11.9 Å². The lowest BCUT2D eigenvalue weighted by Gasteiger charge is -2.10. The maximum Gasteiger partial charge on any atom is 0.266 e. The monoisotopic (exact) mass is 318 g/mol. The number of carbonyl (C=O) groups is 2. The van der Waals surface area contributed by atoms with E-state index >= 15 is 0 Å². The highest BCUT2D eigenvalue weighted by Crippen LogP contribution is 2.32. The topological polar surface area (TPSA) is 49.4 Å². The molecule has 1 aromatic carbocycles. The molecule has 2 rings (SSSR count). The molecule has 21 heavy (non-hydrogen) atoms. The SMILES string of the molecule is C=CCN1C(=O)/C(=C/c2ccc(C(=O)NC)cc2)SC1=S. The third-order valence-electron chi connectivity index (χ3n) is 2.88. The van der Waals surface area contributed by atoms with Gasteiger partial charge in [-0.2, -0.15) is 0 Å². The highest BCUT2D eigenvalue weighted by Gasteiger charge is 2.30. The molecule has 0 unspecified atom stereocenters. The standard InChI is InChI=1S/C15H14N2O2S2/c1-3-8-17-14(19)12(21-15(17)20)9-10-4-6-11(7-5-10)13(18)16-2/h3-7,9H,1,8H2,2H3,(H,16,18)/b12-9-. The van der Waals surface area contributed by atoms with Crippen LogP contribution in [0.25, 0.3) is 6.08 Å². The molecule has 1 N–H and O–H groups in total. The molecule has 0 saturated carbocycles. The van der Waals surface area contributed by atoms with E-state index in [0.29, 0.717) is 21.3 Å².